The number of carbonyl (C=O) groups is 4. The van der Waals surface area contributed by atoms with Crippen molar-refractivity contribution in [3.8, 4) is 17.6 Å². The first-order valence-electron chi connectivity index (χ1n) is 21.4. The molecule has 9 rings (SSSR count). The summed E-state index contributed by atoms with van der Waals surface area (Å²) in [6, 6.07) is 35.2. The van der Waals surface area contributed by atoms with Crippen molar-refractivity contribution in [3.63, 3.8) is 0 Å². The van der Waals surface area contributed by atoms with Crippen LogP contribution in [-0.4, -0.2) is 58.2 Å². The first kappa shape index (κ1) is 41.4. The highest BCUT2D eigenvalue weighted by molar-refractivity contribution is 6.24. The van der Waals surface area contributed by atoms with Gasteiger partial charge in [-0.25, -0.2) is 9.69 Å². The summed E-state index contributed by atoms with van der Waals surface area (Å²) in [5, 5.41) is 24.4. The number of nitrogens with zero attached hydrogens (tertiary/aromatic N) is 2. The first-order chi connectivity index (χ1) is 30.7. The molecule has 0 unspecified atom stereocenters. The average molecular weight is 842 g/mol. The van der Waals surface area contributed by atoms with E-state index in [4.69, 9.17) is 9.47 Å². The number of cyclic esters (lactones) is 1. The van der Waals surface area contributed by atoms with Crippen molar-refractivity contribution >= 4 is 29.6 Å². The molecule has 0 aromatic heterocycles. The largest absolute Gasteiger partial charge is 0.491 e. The molecular weight excluding hydrogens is 795 g/mol. The van der Waals surface area contributed by atoms with E-state index in [0.29, 0.717) is 22.4 Å². The number of aliphatic hydroxyl groups excluding tert-OH is 1. The fraction of sp³-hybridized carbons (Fsp3) is 0.269. The average Bonchev–Trinajstić information content (AvgIpc) is 3.78. The summed E-state index contributed by atoms with van der Waals surface area (Å²) in [6.45, 7) is 1.53. The van der Waals surface area contributed by atoms with E-state index in [1.807, 2.05) is 103 Å². The van der Waals surface area contributed by atoms with Crippen molar-refractivity contribution in [1.29, 1.82) is 0 Å². The summed E-state index contributed by atoms with van der Waals surface area (Å²) in [4.78, 5) is 63.2. The standard InChI is InChI=1S/C52H47N3O8/c1-33(36-17-8-3-9-18-36)53-51(61)54-42-28-27-35(26-25-34-15-6-2-7-16-34)31-41(42)52(50(54)60)43(48(57)58)45-49(59)63-46(38-21-12-5-13-22-38)44(37-19-10-4-11-20-37)55(45)47(52)39-23-14-24-40(32-39)62-30-29-56/h3-5,8-15,17-24,27-28,31-33,43-47,56H,2,6-7,16,29-30H2,1H3,(H,53,61)(H,57,58)/t33-,43+,44+,45+,46-,47-,52+/m1/s1. The number of esters is 1. The lowest BCUT2D eigenvalue weighted by atomic mass is 9.65. The van der Waals surface area contributed by atoms with Crippen molar-refractivity contribution in [1.82, 2.24) is 10.2 Å². The number of aliphatic carboxylic acids is 1. The fourth-order valence-corrected chi connectivity index (χ4v) is 10.1. The van der Waals surface area contributed by atoms with Crippen LogP contribution in [0.25, 0.3) is 0 Å². The number of carbonyl (C=O) groups excluding carboxylic acids is 3. The van der Waals surface area contributed by atoms with Gasteiger partial charge in [0.15, 0.2) is 0 Å². The number of carboxylic acid groups (broad SMARTS) is 1. The van der Waals surface area contributed by atoms with Gasteiger partial charge in [-0.3, -0.25) is 19.3 Å². The van der Waals surface area contributed by atoms with E-state index >= 15 is 4.79 Å². The molecular formula is C52H47N3O8. The second kappa shape index (κ2) is 17.4. The zero-order valence-corrected chi connectivity index (χ0v) is 34.7. The minimum atomic E-state index is -2.12. The Morgan fingerprint density at radius 1 is 0.841 bits per heavy atom. The summed E-state index contributed by atoms with van der Waals surface area (Å²) in [7, 11) is 0. The number of hydrogen-bond acceptors (Lipinski definition) is 8. The molecule has 318 valence electrons. The minimum absolute atomic E-state index is 0.0217. The fourth-order valence-electron chi connectivity index (χ4n) is 10.1. The van der Waals surface area contributed by atoms with Crippen molar-refractivity contribution in [2.75, 3.05) is 18.1 Å². The van der Waals surface area contributed by atoms with Crippen molar-refractivity contribution in [2.45, 2.75) is 68.3 Å². The number of aliphatic hydroxyl groups is 1. The molecule has 4 aliphatic rings. The molecule has 11 nitrogen and oxygen atoms in total. The maximum atomic E-state index is 16.2. The van der Waals surface area contributed by atoms with Crippen LogP contribution in [0.15, 0.2) is 145 Å². The summed E-state index contributed by atoms with van der Waals surface area (Å²) in [5.74, 6) is 2.16. The normalized spacial score (nSPS) is 24.3. The van der Waals surface area contributed by atoms with Crippen LogP contribution in [-0.2, 0) is 24.5 Å². The molecule has 5 aromatic carbocycles. The van der Waals surface area contributed by atoms with E-state index in [2.05, 4.69) is 23.2 Å². The predicted molar refractivity (Wildman–Crippen MR) is 235 cm³/mol. The summed E-state index contributed by atoms with van der Waals surface area (Å²) in [6.07, 6.45) is 5.09. The van der Waals surface area contributed by atoms with Crippen molar-refractivity contribution in [3.05, 3.63) is 178 Å². The van der Waals surface area contributed by atoms with Crippen LogP contribution >= 0.6 is 0 Å². The maximum absolute atomic E-state index is 16.2. The molecule has 1 aliphatic carbocycles. The molecule has 0 radical (unpaired) electrons. The first-order valence-corrected chi connectivity index (χ1v) is 21.4. The number of allylic oxidation sites excluding steroid dienone is 2. The van der Waals surface area contributed by atoms with E-state index in [1.165, 1.54) is 0 Å². The zero-order valence-electron chi connectivity index (χ0n) is 34.7. The van der Waals surface area contributed by atoms with Crippen LogP contribution in [0.4, 0.5) is 10.5 Å². The lowest BCUT2D eigenvalue weighted by Crippen LogP contribution is -2.54. The zero-order chi connectivity index (χ0) is 43.7. The Kier molecular flexibility index (Phi) is 11.4. The number of benzene rings is 5. The van der Waals surface area contributed by atoms with E-state index < -0.39 is 65.5 Å². The van der Waals surface area contributed by atoms with Gasteiger partial charge in [0.25, 0.3) is 0 Å². The summed E-state index contributed by atoms with van der Waals surface area (Å²) in [5.41, 5.74) is 2.51. The Balaban J connectivity index is 1.32. The number of ether oxygens (including phenoxy) is 2. The Bertz CT molecular complexity index is 2640. The van der Waals surface area contributed by atoms with E-state index in [0.717, 1.165) is 47.3 Å². The number of morpholine rings is 1. The van der Waals surface area contributed by atoms with Gasteiger partial charge in [0.05, 0.1) is 30.4 Å². The van der Waals surface area contributed by atoms with Crippen LogP contribution in [0.5, 0.6) is 5.75 Å². The van der Waals surface area contributed by atoms with Gasteiger partial charge in [0, 0.05) is 5.56 Å². The number of anilines is 1. The molecule has 2 fully saturated rings. The monoisotopic (exact) mass is 841 g/mol. The van der Waals surface area contributed by atoms with Gasteiger partial charge in [0.1, 0.15) is 35.8 Å². The van der Waals surface area contributed by atoms with E-state index in [9.17, 15) is 24.6 Å². The predicted octanol–water partition coefficient (Wildman–Crippen LogP) is 8.13. The van der Waals surface area contributed by atoms with Gasteiger partial charge in [-0.1, -0.05) is 121 Å². The van der Waals surface area contributed by atoms with Crippen LogP contribution in [0.2, 0.25) is 0 Å². The quantitative estimate of drug-likeness (QED) is 0.0990. The summed E-state index contributed by atoms with van der Waals surface area (Å²) >= 11 is 0. The third-order valence-electron chi connectivity index (χ3n) is 12.8. The molecule has 0 bridgehead atoms. The van der Waals surface area contributed by atoms with E-state index in [-0.39, 0.29) is 24.5 Å². The second-order valence-electron chi connectivity index (χ2n) is 16.4. The van der Waals surface area contributed by atoms with Crippen LogP contribution < -0.4 is 15.0 Å². The molecule has 2 saturated heterocycles. The smallest absolute Gasteiger partial charge is 0.329 e. The van der Waals surface area contributed by atoms with Gasteiger partial charge in [-0.05, 0) is 96.3 Å². The molecule has 1 spiro atoms. The SMILES string of the molecule is C[C@@H](NC(=O)N1C(=O)[C@@]2(c3cc(C#CC4=CCCCC4)ccc31)[C@H](C(=O)O)[C@H]1C(=O)O[C@H](c3ccccc3)[C@H](c3ccccc3)N1[C@@H]2c1cccc(OCCO)c1)c1ccccc1. The molecule has 5 aromatic rings. The third kappa shape index (κ3) is 7.35. The number of rotatable bonds is 9. The molecule has 11 heteroatoms. The van der Waals surface area contributed by atoms with Crippen LogP contribution in [0.3, 0.4) is 0 Å². The molecule has 63 heavy (non-hydrogen) atoms. The lowest BCUT2D eigenvalue weighted by Gasteiger charge is -2.46. The van der Waals surface area contributed by atoms with Crippen molar-refractivity contribution in [2.24, 2.45) is 5.92 Å². The van der Waals surface area contributed by atoms with Crippen LogP contribution in [0.1, 0.15) is 90.2 Å². The van der Waals surface area contributed by atoms with Crippen LogP contribution in [0, 0.1) is 17.8 Å². The minimum Gasteiger partial charge on any atom is -0.491 e. The molecule has 7 atom stereocenters. The Labute approximate surface area is 366 Å². The number of urea groups is 1. The molecule has 3 amide bonds. The lowest BCUT2D eigenvalue weighted by molar-refractivity contribution is -0.179. The molecule has 3 N–H and O–H groups in total. The number of amides is 3. The number of fused-ring (bicyclic) bond motifs is 3. The Hall–Kier alpha value is -7.00. The highest BCUT2D eigenvalue weighted by Crippen LogP contribution is 2.66. The Morgan fingerprint density at radius 2 is 1.54 bits per heavy atom. The molecule has 3 heterocycles. The van der Waals surface area contributed by atoms with E-state index in [1.54, 1.807) is 42.5 Å². The summed E-state index contributed by atoms with van der Waals surface area (Å²) < 4.78 is 12.3. The maximum Gasteiger partial charge on any atom is 0.329 e. The Morgan fingerprint density at radius 3 is 2.22 bits per heavy atom. The van der Waals surface area contributed by atoms with Gasteiger partial charge >= 0.3 is 18.0 Å². The number of imide groups is 1. The molecule has 0 saturated carbocycles. The highest BCUT2D eigenvalue weighted by Gasteiger charge is 2.76. The highest BCUT2D eigenvalue weighted by atomic mass is 16.6. The van der Waals surface area contributed by atoms with Crippen molar-refractivity contribution < 1.29 is 38.9 Å². The van der Waals surface area contributed by atoms with Gasteiger partial charge < -0.3 is 25.0 Å². The number of carboxylic acids is 1. The second-order valence-corrected chi connectivity index (χ2v) is 16.4. The number of hydrogen-bond donors (Lipinski definition) is 3. The third-order valence-corrected chi connectivity index (χ3v) is 12.8. The van der Waals surface area contributed by atoms with Gasteiger partial charge in [-0.2, -0.15) is 0 Å². The van der Waals surface area contributed by atoms with Gasteiger partial charge in [0.2, 0.25) is 5.91 Å². The van der Waals surface area contributed by atoms with Gasteiger partial charge in [-0.15, -0.1) is 0 Å². The molecule has 3 aliphatic heterocycles. The number of nitrogens with one attached hydrogen (secondary N) is 1. The topological polar surface area (TPSA) is 146 Å².